The molecule has 3 aromatic rings. The van der Waals surface area contributed by atoms with Gasteiger partial charge in [0.15, 0.2) is 0 Å². The molecular weight excluding hydrogens is 488 g/mol. The van der Waals surface area contributed by atoms with Gasteiger partial charge in [-0.25, -0.2) is 9.97 Å². The van der Waals surface area contributed by atoms with Gasteiger partial charge in [0.2, 0.25) is 0 Å². The van der Waals surface area contributed by atoms with Crippen LogP contribution < -0.4 is 10.1 Å². The Morgan fingerprint density at radius 3 is 2.35 bits per heavy atom. The highest BCUT2D eigenvalue weighted by Crippen LogP contribution is 2.24. The fourth-order valence-electron chi connectivity index (χ4n) is 4.79. The van der Waals surface area contributed by atoms with Gasteiger partial charge in [-0.05, 0) is 100 Å². The normalized spacial score (nSPS) is 15.6. The summed E-state index contributed by atoms with van der Waals surface area (Å²) in [6, 6.07) is 12.5. The molecule has 1 aromatic heterocycles. The molecular formula is C28H30N4O4S. The lowest BCUT2D eigenvalue weighted by molar-refractivity contribution is -0.149. The zero-order valence-corrected chi connectivity index (χ0v) is 21.7. The SMILES string of the molecule is CCOC(=O)C1CCN(C(=S)Oc2ccc(C(=O)Nc3ccc4nc5c(nc4c3)CCCC5)cc2)CC1. The summed E-state index contributed by atoms with van der Waals surface area (Å²) in [6.45, 7) is 3.49. The Kier molecular flexibility index (Phi) is 7.60. The molecule has 2 aliphatic rings. The van der Waals surface area contributed by atoms with Crippen LogP contribution in [-0.4, -0.2) is 51.6 Å². The number of hydrogen-bond donors (Lipinski definition) is 1. The Balaban J connectivity index is 1.17. The number of nitrogens with zero attached hydrogens (tertiary/aromatic N) is 3. The van der Waals surface area contributed by atoms with Crippen LogP contribution in [0.4, 0.5) is 5.69 Å². The third-order valence-corrected chi connectivity index (χ3v) is 7.19. The molecule has 9 heteroatoms. The van der Waals surface area contributed by atoms with E-state index in [1.165, 1.54) is 0 Å². The third kappa shape index (κ3) is 5.88. The zero-order chi connectivity index (χ0) is 25.8. The van der Waals surface area contributed by atoms with Gasteiger partial charge in [0.05, 0.1) is 34.9 Å². The molecule has 0 bridgehead atoms. The Morgan fingerprint density at radius 2 is 1.68 bits per heavy atom. The molecule has 0 atom stereocenters. The fourth-order valence-corrected chi connectivity index (χ4v) is 5.07. The van der Waals surface area contributed by atoms with Gasteiger partial charge in [-0.15, -0.1) is 0 Å². The zero-order valence-electron chi connectivity index (χ0n) is 20.9. The second-order valence-electron chi connectivity index (χ2n) is 9.39. The first-order chi connectivity index (χ1) is 18.0. The number of likely N-dealkylation sites (tertiary alicyclic amines) is 1. The van der Waals surface area contributed by atoms with Crippen LogP contribution in [0.1, 0.15) is 54.4 Å². The van der Waals surface area contributed by atoms with Crippen LogP contribution in [0, 0.1) is 5.92 Å². The van der Waals surface area contributed by atoms with E-state index in [4.69, 9.17) is 31.7 Å². The first-order valence-corrected chi connectivity index (χ1v) is 13.3. The number of benzene rings is 2. The van der Waals surface area contributed by atoms with E-state index in [0.29, 0.717) is 54.7 Å². The molecule has 0 spiro atoms. The van der Waals surface area contributed by atoms with Crippen LogP contribution in [0.15, 0.2) is 42.5 Å². The minimum Gasteiger partial charge on any atom is -0.466 e. The molecule has 1 aliphatic heterocycles. The summed E-state index contributed by atoms with van der Waals surface area (Å²) in [5.74, 6) is 0.107. The number of carbonyl (C=O) groups excluding carboxylic acids is 2. The summed E-state index contributed by atoms with van der Waals surface area (Å²) in [5, 5.41) is 3.31. The minimum absolute atomic E-state index is 0.0863. The minimum atomic E-state index is -0.222. The van der Waals surface area contributed by atoms with Crippen LogP contribution in [0.3, 0.4) is 0 Å². The largest absolute Gasteiger partial charge is 0.466 e. The Bertz CT molecular complexity index is 1320. The highest BCUT2D eigenvalue weighted by atomic mass is 32.1. The molecule has 8 nitrogen and oxygen atoms in total. The van der Waals surface area contributed by atoms with Crippen molar-refractivity contribution < 1.29 is 19.1 Å². The van der Waals surface area contributed by atoms with Crippen molar-refractivity contribution >= 4 is 46.0 Å². The molecule has 0 unspecified atom stereocenters. The van der Waals surface area contributed by atoms with Gasteiger partial charge in [0.25, 0.3) is 11.1 Å². The van der Waals surface area contributed by atoms with Crippen LogP contribution in [0.2, 0.25) is 0 Å². The predicted octanol–water partition coefficient (Wildman–Crippen LogP) is 4.70. The molecule has 1 saturated heterocycles. The number of amides is 1. The van der Waals surface area contributed by atoms with Gasteiger partial charge >= 0.3 is 5.97 Å². The summed E-state index contributed by atoms with van der Waals surface area (Å²) in [6.07, 6.45) is 5.61. The van der Waals surface area contributed by atoms with Crippen LogP contribution in [0.5, 0.6) is 5.75 Å². The number of rotatable bonds is 5. The van der Waals surface area contributed by atoms with E-state index in [9.17, 15) is 9.59 Å². The van der Waals surface area contributed by atoms with Crippen molar-refractivity contribution in [2.75, 3.05) is 25.0 Å². The second-order valence-corrected chi connectivity index (χ2v) is 9.74. The molecule has 1 amide bonds. The fraction of sp³-hybridized carbons (Fsp3) is 0.393. The molecule has 5 rings (SSSR count). The second kappa shape index (κ2) is 11.2. The topological polar surface area (TPSA) is 93.6 Å². The number of aryl methyl sites for hydroxylation is 2. The molecule has 37 heavy (non-hydrogen) atoms. The number of fused-ring (bicyclic) bond motifs is 2. The first-order valence-electron chi connectivity index (χ1n) is 12.8. The van der Waals surface area contributed by atoms with E-state index < -0.39 is 0 Å². The van der Waals surface area contributed by atoms with Gasteiger partial charge in [0, 0.05) is 24.3 Å². The van der Waals surface area contributed by atoms with E-state index >= 15 is 0 Å². The number of hydrogen-bond acceptors (Lipinski definition) is 7. The van der Waals surface area contributed by atoms with Crippen molar-refractivity contribution in [2.45, 2.75) is 45.4 Å². The van der Waals surface area contributed by atoms with Gasteiger partial charge in [-0.3, -0.25) is 9.59 Å². The lowest BCUT2D eigenvalue weighted by Gasteiger charge is -2.31. The number of aromatic nitrogens is 2. The van der Waals surface area contributed by atoms with Gasteiger partial charge in [0.1, 0.15) is 5.75 Å². The van der Waals surface area contributed by atoms with Crippen molar-refractivity contribution in [3.05, 3.63) is 59.4 Å². The number of piperidine rings is 1. The van der Waals surface area contributed by atoms with Crippen molar-refractivity contribution in [3.8, 4) is 5.75 Å². The Morgan fingerprint density at radius 1 is 1.00 bits per heavy atom. The number of ether oxygens (including phenoxy) is 2. The molecule has 1 fully saturated rings. The van der Waals surface area contributed by atoms with E-state index in [1.54, 1.807) is 24.3 Å². The van der Waals surface area contributed by atoms with Crippen molar-refractivity contribution in [1.82, 2.24) is 14.9 Å². The maximum Gasteiger partial charge on any atom is 0.309 e. The quantitative estimate of drug-likeness (QED) is 0.384. The van der Waals surface area contributed by atoms with E-state index in [-0.39, 0.29) is 17.8 Å². The average molecular weight is 519 g/mol. The van der Waals surface area contributed by atoms with Crippen molar-refractivity contribution in [2.24, 2.45) is 5.92 Å². The number of nitrogens with one attached hydrogen (secondary N) is 1. The average Bonchev–Trinajstić information content (AvgIpc) is 2.92. The molecule has 192 valence electrons. The van der Waals surface area contributed by atoms with Gasteiger partial charge in [-0.2, -0.15) is 0 Å². The molecule has 2 heterocycles. The maximum atomic E-state index is 12.8. The van der Waals surface area contributed by atoms with E-state index in [0.717, 1.165) is 48.1 Å². The van der Waals surface area contributed by atoms with Crippen LogP contribution in [-0.2, 0) is 22.4 Å². The lowest BCUT2D eigenvalue weighted by atomic mass is 9.97. The monoisotopic (exact) mass is 518 g/mol. The number of anilines is 1. The van der Waals surface area contributed by atoms with Crippen LogP contribution >= 0.6 is 12.2 Å². The number of thiocarbonyl (C=S) groups is 1. The third-order valence-electron chi connectivity index (χ3n) is 6.85. The summed E-state index contributed by atoms with van der Waals surface area (Å²) < 4.78 is 11.0. The molecule has 2 aromatic carbocycles. The smallest absolute Gasteiger partial charge is 0.309 e. The lowest BCUT2D eigenvalue weighted by Crippen LogP contribution is -2.41. The van der Waals surface area contributed by atoms with E-state index in [2.05, 4.69) is 5.32 Å². The maximum absolute atomic E-state index is 12.8. The molecule has 1 N–H and O–H groups in total. The summed E-state index contributed by atoms with van der Waals surface area (Å²) in [5.41, 5.74) is 4.99. The standard InChI is InChI=1S/C28H30N4O4S/c1-2-35-27(34)19-13-15-32(16-14-19)28(37)36-21-10-7-18(8-11-21)26(33)29-20-9-12-24-25(17-20)31-23-6-4-3-5-22(23)30-24/h7-12,17,19H,2-6,13-16H2,1H3,(H,29,33). The number of esters is 1. The summed E-state index contributed by atoms with van der Waals surface area (Å²) in [7, 11) is 0. The number of carbonyl (C=O) groups is 2. The highest BCUT2D eigenvalue weighted by Gasteiger charge is 2.27. The Labute approximate surface area is 221 Å². The molecule has 0 saturated carbocycles. The van der Waals surface area contributed by atoms with E-state index in [1.807, 2.05) is 30.0 Å². The summed E-state index contributed by atoms with van der Waals surface area (Å²) >= 11 is 5.46. The Hall–Kier alpha value is -3.59. The summed E-state index contributed by atoms with van der Waals surface area (Å²) in [4.78, 5) is 36.3. The highest BCUT2D eigenvalue weighted by molar-refractivity contribution is 7.80. The predicted molar refractivity (Wildman–Crippen MR) is 145 cm³/mol. The van der Waals surface area contributed by atoms with Crippen molar-refractivity contribution in [1.29, 1.82) is 0 Å². The first kappa shape index (κ1) is 25.1. The molecule has 0 radical (unpaired) electrons. The van der Waals surface area contributed by atoms with Crippen molar-refractivity contribution in [3.63, 3.8) is 0 Å². The van der Waals surface area contributed by atoms with Gasteiger partial charge in [-0.1, -0.05) is 0 Å². The van der Waals surface area contributed by atoms with Crippen LogP contribution in [0.25, 0.3) is 11.0 Å². The molecule has 1 aliphatic carbocycles. The van der Waals surface area contributed by atoms with Gasteiger partial charge < -0.3 is 19.7 Å².